The molecule has 3 heterocycles. The van der Waals surface area contributed by atoms with Crippen LogP contribution >= 0.6 is 0 Å². The van der Waals surface area contributed by atoms with Crippen LogP contribution in [-0.4, -0.2) is 24.7 Å². The maximum Gasteiger partial charge on any atom is 0.328 e. The number of fused-ring (bicyclic) bond motifs is 3. The summed E-state index contributed by atoms with van der Waals surface area (Å²) in [5.41, 5.74) is 3.20. The molecule has 1 aliphatic rings. The average molecular weight is 285 g/mol. The van der Waals surface area contributed by atoms with Crippen molar-refractivity contribution >= 4 is 22.2 Å². The Labute approximate surface area is 121 Å². The third-order valence-corrected chi connectivity index (χ3v) is 4.74. The molecule has 1 saturated carbocycles. The summed E-state index contributed by atoms with van der Waals surface area (Å²) in [6, 6.07) is 2.30. The number of H-pyrrole nitrogens is 2. The van der Waals surface area contributed by atoms with Crippen LogP contribution in [0.3, 0.4) is 0 Å². The summed E-state index contributed by atoms with van der Waals surface area (Å²) in [7, 11) is 0. The Morgan fingerprint density at radius 1 is 1.19 bits per heavy atom. The SMILES string of the molecule is Cc1cc2c(nnc3[nH]c(=O)n(C4CCCCC4C)c32)[nH]1. The molecule has 0 spiro atoms. The zero-order valence-electron chi connectivity index (χ0n) is 12.3. The maximum absolute atomic E-state index is 12.5. The highest BCUT2D eigenvalue weighted by atomic mass is 16.1. The molecular weight excluding hydrogens is 266 g/mol. The molecule has 110 valence electrons. The molecule has 0 aromatic carbocycles. The Balaban J connectivity index is 2.05. The van der Waals surface area contributed by atoms with Crippen LogP contribution < -0.4 is 5.69 Å². The van der Waals surface area contributed by atoms with Crippen molar-refractivity contribution in [1.82, 2.24) is 24.7 Å². The van der Waals surface area contributed by atoms with Crippen molar-refractivity contribution in [2.24, 2.45) is 5.92 Å². The van der Waals surface area contributed by atoms with Gasteiger partial charge in [0.1, 0.15) is 5.52 Å². The lowest BCUT2D eigenvalue weighted by molar-refractivity contribution is 0.258. The van der Waals surface area contributed by atoms with Gasteiger partial charge >= 0.3 is 5.69 Å². The fourth-order valence-corrected chi connectivity index (χ4v) is 3.70. The fourth-order valence-electron chi connectivity index (χ4n) is 3.70. The van der Waals surface area contributed by atoms with Crippen molar-refractivity contribution in [3.05, 3.63) is 22.2 Å². The van der Waals surface area contributed by atoms with Crippen molar-refractivity contribution in [3.63, 3.8) is 0 Å². The Kier molecular flexibility index (Phi) is 2.67. The predicted molar refractivity (Wildman–Crippen MR) is 81.4 cm³/mol. The average Bonchev–Trinajstić information content (AvgIpc) is 2.98. The minimum atomic E-state index is -0.0654. The van der Waals surface area contributed by atoms with Gasteiger partial charge in [0.05, 0.1) is 0 Å². The van der Waals surface area contributed by atoms with Crippen LogP contribution in [0.2, 0.25) is 0 Å². The summed E-state index contributed by atoms with van der Waals surface area (Å²) in [6.45, 7) is 4.23. The first-order chi connectivity index (χ1) is 10.1. The summed E-state index contributed by atoms with van der Waals surface area (Å²) >= 11 is 0. The molecule has 21 heavy (non-hydrogen) atoms. The largest absolute Gasteiger partial charge is 0.342 e. The number of nitrogens with one attached hydrogen (secondary N) is 2. The third kappa shape index (κ3) is 1.81. The monoisotopic (exact) mass is 285 g/mol. The Bertz CT molecular complexity index is 871. The van der Waals surface area contributed by atoms with Gasteiger partial charge in [0.15, 0.2) is 11.3 Å². The molecule has 2 unspecified atom stereocenters. The first kappa shape index (κ1) is 12.6. The third-order valence-electron chi connectivity index (χ3n) is 4.74. The summed E-state index contributed by atoms with van der Waals surface area (Å²) in [5.74, 6) is 0.513. The number of nitrogens with zero attached hydrogens (tertiary/aromatic N) is 3. The molecule has 1 fully saturated rings. The van der Waals surface area contributed by atoms with Gasteiger partial charge in [-0.2, -0.15) is 0 Å². The van der Waals surface area contributed by atoms with Crippen LogP contribution in [0.25, 0.3) is 22.2 Å². The Hall–Kier alpha value is -2.11. The standard InChI is InChI=1S/C15H19N5O/c1-8-5-3-4-6-11(8)20-12-10-7-9(2)16-13(10)18-19-14(12)17-15(20)21/h7-8,11H,3-6H2,1-2H3,(H,16,18)(H,17,19,21). The molecule has 0 amide bonds. The number of rotatable bonds is 1. The predicted octanol–water partition coefficient (Wildman–Crippen LogP) is 2.66. The minimum absolute atomic E-state index is 0.0654. The normalized spacial score (nSPS) is 23.1. The highest BCUT2D eigenvalue weighted by Gasteiger charge is 2.27. The van der Waals surface area contributed by atoms with Gasteiger partial charge in [-0.05, 0) is 31.7 Å². The molecule has 6 heteroatoms. The van der Waals surface area contributed by atoms with Crippen LogP contribution in [0.15, 0.2) is 10.9 Å². The second-order valence-corrected chi connectivity index (χ2v) is 6.24. The molecule has 2 N–H and O–H groups in total. The van der Waals surface area contributed by atoms with Crippen molar-refractivity contribution in [2.75, 3.05) is 0 Å². The van der Waals surface area contributed by atoms with Crippen LogP contribution in [0.1, 0.15) is 44.3 Å². The van der Waals surface area contributed by atoms with Crippen LogP contribution in [0.5, 0.6) is 0 Å². The zero-order chi connectivity index (χ0) is 14.6. The molecule has 2 atom stereocenters. The quantitative estimate of drug-likeness (QED) is 0.721. The van der Waals surface area contributed by atoms with Gasteiger partial charge in [0.2, 0.25) is 0 Å². The van der Waals surface area contributed by atoms with E-state index in [1.807, 2.05) is 17.6 Å². The molecule has 0 radical (unpaired) electrons. The summed E-state index contributed by atoms with van der Waals surface area (Å²) < 4.78 is 1.92. The van der Waals surface area contributed by atoms with Gasteiger partial charge in [-0.15, -0.1) is 10.2 Å². The summed E-state index contributed by atoms with van der Waals surface area (Å²) in [4.78, 5) is 18.5. The van der Waals surface area contributed by atoms with Crippen molar-refractivity contribution in [2.45, 2.75) is 45.6 Å². The maximum atomic E-state index is 12.5. The van der Waals surface area contributed by atoms with Crippen LogP contribution in [-0.2, 0) is 0 Å². The molecule has 0 saturated heterocycles. The molecule has 4 rings (SSSR count). The second kappa shape index (κ2) is 4.44. The molecule has 3 aromatic heterocycles. The fraction of sp³-hybridized carbons (Fsp3) is 0.533. The van der Waals surface area contributed by atoms with E-state index in [0.717, 1.165) is 28.7 Å². The van der Waals surface area contributed by atoms with Crippen molar-refractivity contribution in [1.29, 1.82) is 0 Å². The molecule has 3 aromatic rings. The number of hydrogen-bond acceptors (Lipinski definition) is 3. The lowest BCUT2D eigenvalue weighted by Gasteiger charge is -2.29. The topological polar surface area (TPSA) is 79.4 Å². The van der Waals surface area contributed by atoms with Crippen LogP contribution in [0, 0.1) is 12.8 Å². The zero-order valence-corrected chi connectivity index (χ0v) is 12.3. The smallest absolute Gasteiger partial charge is 0.328 e. The van der Waals surface area contributed by atoms with Crippen molar-refractivity contribution < 1.29 is 0 Å². The summed E-state index contributed by atoms with van der Waals surface area (Å²) in [6.07, 6.45) is 4.67. The number of imidazole rings is 1. The van der Waals surface area contributed by atoms with Gasteiger partial charge in [0, 0.05) is 17.1 Å². The molecule has 0 bridgehead atoms. The first-order valence-electron chi connectivity index (χ1n) is 7.61. The number of hydrogen-bond donors (Lipinski definition) is 2. The first-order valence-corrected chi connectivity index (χ1v) is 7.61. The number of aromatic nitrogens is 5. The highest BCUT2D eigenvalue weighted by molar-refractivity contribution is 5.99. The van der Waals surface area contributed by atoms with E-state index in [1.165, 1.54) is 19.3 Å². The molecule has 1 aliphatic carbocycles. The van der Waals surface area contributed by atoms with E-state index in [1.54, 1.807) is 0 Å². The van der Waals surface area contributed by atoms with E-state index in [9.17, 15) is 4.79 Å². The van der Waals surface area contributed by atoms with Crippen molar-refractivity contribution in [3.8, 4) is 0 Å². The van der Waals surface area contributed by atoms with Gasteiger partial charge in [-0.3, -0.25) is 9.55 Å². The minimum Gasteiger partial charge on any atom is -0.342 e. The molecule has 0 aliphatic heterocycles. The molecular formula is C15H19N5O. The second-order valence-electron chi connectivity index (χ2n) is 6.24. The van der Waals surface area contributed by atoms with Gasteiger partial charge in [-0.25, -0.2) is 4.79 Å². The van der Waals surface area contributed by atoms with E-state index in [0.29, 0.717) is 11.6 Å². The lowest BCUT2D eigenvalue weighted by atomic mass is 9.85. The summed E-state index contributed by atoms with van der Waals surface area (Å²) in [5, 5.41) is 9.31. The van der Waals surface area contributed by atoms with E-state index in [4.69, 9.17) is 0 Å². The van der Waals surface area contributed by atoms with E-state index in [2.05, 4.69) is 27.1 Å². The highest BCUT2D eigenvalue weighted by Crippen LogP contribution is 2.35. The Morgan fingerprint density at radius 2 is 1.95 bits per heavy atom. The van der Waals surface area contributed by atoms with Gasteiger partial charge in [0.25, 0.3) is 0 Å². The number of aromatic amines is 2. The number of aryl methyl sites for hydroxylation is 1. The van der Waals surface area contributed by atoms with E-state index < -0.39 is 0 Å². The molecule has 6 nitrogen and oxygen atoms in total. The van der Waals surface area contributed by atoms with Gasteiger partial charge < -0.3 is 4.98 Å². The van der Waals surface area contributed by atoms with E-state index in [-0.39, 0.29) is 11.7 Å². The van der Waals surface area contributed by atoms with Gasteiger partial charge in [-0.1, -0.05) is 19.8 Å². The lowest BCUT2D eigenvalue weighted by Crippen LogP contribution is -2.28. The Morgan fingerprint density at radius 3 is 2.76 bits per heavy atom. The van der Waals surface area contributed by atoms with E-state index >= 15 is 0 Å². The van der Waals surface area contributed by atoms with Crippen LogP contribution in [0.4, 0.5) is 0 Å².